The van der Waals surface area contributed by atoms with E-state index in [1.54, 1.807) is 0 Å². The van der Waals surface area contributed by atoms with Crippen molar-refractivity contribution in [3.8, 4) is 0 Å². The maximum atomic E-state index is 10.7. The molecule has 0 saturated heterocycles. The first-order valence-corrected chi connectivity index (χ1v) is 4.43. The number of nitrogens with zero attached hydrogens (tertiary/aromatic N) is 1. The summed E-state index contributed by atoms with van der Waals surface area (Å²) in [4.78, 5) is 8.80. The first kappa shape index (κ1) is 6.52. The first-order valence-electron chi connectivity index (χ1n) is 2.32. The van der Waals surface area contributed by atoms with Gasteiger partial charge in [0.05, 0.1) is 6.20 Å². The predicted molar refractivity (Wildman–Crippen MR) is 31.9 cm³/mol. The Labute approximate surface area is 51.9 Å². The van der Waals surface area contributed by atoms with E-state index in [0.29, 0.717) is 0 Å². The van der Waals surface area contributed by atoms with E-state index < -0.39 is 7.37 Å². The van der Waals surface area contributed by atoms with E-state index in [2.05, 4.69) is 9.68 Å². The Balaban J connectivity index is 3.04. The maximum Gasteiger partial charge on any atom is 0.263 e. The molecule has 0 aliphatic heterocycles. The maximum absolute atomic E-state index is 10.7. The summed E-state index contributed by atoms with van der Waals surface area (Å²) in [7, 11) is -3.20. The Morgan fingerprint density at radius 1 is 1.89 bits per heavy atom. The van der Waals surface area contributed by atoms with Crippen molar-refractivity contribution in [2.45, 2.75) is 0 Å². The Hall–Kier alpha value is -0.600. The molecular formula is C4H6NO3P. The SMILES string of the molecule is CP(=O)(O)c1ccno1. The molecule has 0 spiro atoms. The molecule has 1 unspecified atom stereocenters. The van der Waals surface area contributed by atoms with Crippen molar-refractivity contribution in [2.75, 3.05) is 6.66 Å². The van der Waals surface area contributed by atoms with Crippen LogP contribution in [0.1, 0.15) is 0 Å². The highest BCUT2D eigenvalue weighted by molar-refractivity contribution is 7.64. The van der Waals surface area contributed by atoms with Crippen molar-refractivity contribution in [3.05, 3.63) is 12.3 Å². The summed E-state index contributed by atoms with van der Waals surface area (Å²) in [5.41, 5.74) is 0.0440. The van der Waals surface area contributed by atoms with Gasteiger partial charge in [-0.1, -0.05) is 5.16 Å². The van der Waals surface area contributed by atoms with Crippen LogP contribution in [0.2, 0.25) is 0 Å². The molecule has 0 aromatic carbocycles. The minimum absolute atomic E-state index is 0.0440. The number of aromatic nitrogens is 1. The van der Waals surface area contributed by atoms with Crippen LogP contribution >= 0.6 is 7.37 Å². The minimum atomic E-state index is -3.20. The van der Waals surface area contributed by atoms with Crippen molar-refractivity contribution in [1.29, 1.82) is 0 Å². The van der Waals surface area contributed by atoms with Crippen molar-refractivity contribution in [1.82, 2.24) is 5.16 Å². The van der Waals surface area contributed by atoms with Crippen molar-refractivity contribution < 1.29 is 14.0 Å². The van der Waals surface area contributed by atoms with Gasteiger partial charge in [0.1, 0.15) is 0 Å². The molecule has 1 aromatic rings. The Morgan fingerprint density at radius 3 is 2.78 bits per heavy atom. The zero-order valence-corrected chi connectivity index (χ0v) is 5.71. The second-order valence-corrected chi connectivity index (χ2v) is 3.93. The van der Waals surface area contributed by atoms with Crippen molar-refractivity contribution in [3.63, 3.8) is 0 Å². The lowest BCUT2D eigenvalue weighted by Crippen LogP contribution is -1.97. The summed E-state index contributed by atoms with van der Waals surface area (Å²) < 4.78 is 15.1. The van der Waals surface area contributed by atoms with Gasteiger partial charge in [0, 0.05) is 12.7 Å². The molecule has 1 rings (SSSR count). The van der Waals surface area contributed by atoms with Gasteiger partial charge in [-0.15, -0.1) is 0 Å². The van der Waals surface area contributed by atoms with Gasteiger partial charge in [-0.25, -0.2) is 0 Å². The van der Waals surface area contributed by atoms with Crippen LogP contribution in [0, 0.1) is 0 Å². The van der Waals surface area contributed by atoms with E-state index >= 15 is 0 Å². The monoisotopic (exact) mass is 147 g/mol. The quantitative estimate of drug-likeness (QED) is 0.576. The van der Waals surface area contributed by atoms with Crippen LogP contribution < -0.4 is 5.50 Å². The van der Waals surface area contributed by atoms with Crippen molar-refractivity contribution >= 4 is 12.9 Å². The van der Waals surface area contributed by atoms with E-state index in [1.165, 1.54) is 18.9 Å². The van der Waals surface area contributed by atoms with Gasteiger partial charge < -0.3 is 9.42 Å². The highest BCUT2D eigenvalue weighted by atomic mass is 31.2. The number of rotatable bonds is 1. The van der Waals surface area contributed by atoms with E-state index in [9.17, 15) is 4.57 Å². The van der Waals surface area contributed by atoms with Crippen LogP contribution in [0.4, 0.5) is 0 Å². The van der Waals surface area contributed by atoms with Crippen LogP contribution in [-0.2, 0) is 4.57 Å². The highest BCUT2D eigenvalue weighted by Gasteiger charge is 2.17. The van der Waals surface area contributed by atoms with Crippen LogP contribution in [-0.4, -0.2) is 16.7 Å². The van der Waals surface area contributed by atoms with Gasteiger partial charge >= 0.3 is 0 Å². The molecule has 0 aliphatic rings. The van der Waals surface area contributed by atoms with Gasteiger partial charge in [-0.3, -0.25) is 4.57 Å². The summed E-state index contributed by atoms with van der Waals surface area (Å²) in [6.07, 6.45) is 1.34. The molecule has 0 saturated carbocycles. The zero-order chi connectivity index (χ0) is 6.91. The Kier molecular flexibility index (Phi) is 1.43. The minimum Gasteiger partial charge on any atom is -0.351 e. The topological polar surface area (TPSA) is 63.3 Å². The number of hydrogen-bond donors (Lipinski definition) is 1. The molecule has 50 valence electrons. The highest BCUT2D eigenvalue weighted by Crippen LogP contribution is 2.32. The molecule has 1 atom stereocenters. The van der Waals surface area contributed by atoms with Crippen LogP contribution in [0.15, 0.2) is 16.8 Å². The third kappa shape index (κ3) is 1.40. The fourth-order valence-electron chi connectivity index (χ4n) is 0.423. The zero-order valence-electron chi connectivity index (χ0n) is 4.81. The van der Waals surface area contributed by atoms with Gasteiger partial charge in [-0.2, -0.15) is 0 Å². The molecule has 0 radical (unpaired) electrons. The molecular weight excluding hydrogens is 141 g/mol. The molecule has 0 amide bonds. The molecule has 0 bridgehead atoms. The molecule has 1 aromatic heterocycles. The third-order valence-corrected chi connectivity index (χ3v) is 1.88. The standard InChI is InChI=1S/C4H6NO3P/c1-9(6,7)4-2-3-5-8-4/h2-3H,1H3,(H,6,7). The number of hydrogen-bond acceptors (Lipinski definition) is 3. The molecule has 4 nitrogen and oxygen atoms in total. The normalized spacial score (nSPS) is 17.1. The average Bonchev–Trinajstić information content (AvgIpc) is 2.08. The molecule has 0 fully saturated rings. The van der Waals surface area contributed by atoms with Crippen LogP contribution in [0.3, 0.4) is 0 Å². The predicted octanol–water partition coefficient (Wildman–Crippen LogP) is 0.200. The van der Waals surface area contributed by atoms with Gasteiger partial charge in [-0.05, 0) is 0 Å². The molecule has 1 N–H and O–H groups in total. The molecule has 9 heavy (non-hydrogen) atoms. The fourth-order valence-corrected chi connectivity index (χ4v) is 0.965. The third-order valence-electron chi connectivity index (χ3n) is 0.833. The lowest BCUT2D eigenvalue weighted by Gasteiger charge is -1.95. The van der Waals surface area contributed by atoms with Crippen LogP contribution in [0.25, 0.3) is 0 Å². The van der Waals surface area contributed by atoms with Gasteiger partial charge in [0.2, 0.25) is 5.50 Å². The summed E-state index contributed by atoms with van der Waals surface area (Å²) in [6, 6.07) is 1.38. The second kappa shape index (κ2) is 1.97. The van der Waals surface area contributed by atoms with E-state index in [1.807, 2.05) is 0 Å². The van der Waals surface area contributed by atoms with E-state index in [-0.39, 0.29) is 5.50 Å². The average molecular weight is 147 g/mol. The van der Waals surface area contributed by atoms with Gasteiger partial charge in [0.15, 0.2) is 0 Å². The summed E-state index contributed by atoms with van der Waals surface area (Å²) in [6.45, 7) is 1.20. The summed E-state index contributed by atoms with van der Waals surface area (Å²) >= 11 is 0. The fraction of sp³-hybridized carbons (Fsp3) is 0.250. The smallest absolute Gasteiger partial charge is 0.263 e. The van der Waals surface area contributed by atoms with E-state index in [4.69, 9.17) is 4.89 Å². The summed E-state index contributed by atoms with van der Waals surface area (Å²) in [5.74, 6) is 0. The van der Waals surface area contributed by atoms with Crippen LogP contribution in [0.5, 0.6) is 0 Å². The van der Waals surface area contributed by atoms with Crippen molar-refractivity contribution in [2.24, 2.45) is 0 Å². The Morgan fingerprint density at radius 2 is 2.56 bits per heavy atom. The largest absolute Gasteiger partial charge is 0.351 e. The Bertz CT molecular complexity index is 224. The lowest BCUT2D eigenvalue weighted by molar-refractivity contribution is 0.425. The van der Waals surface area contributed by atoms with E-state index in [0.717, 1.165) is 0 Å². The first-order chi connectivity index (χ1) is 4.11. The second-order valence-electron chi connectivity index (χ2n) is 1.73. The summed E-state index contributed by atoms with van der Waals surface area (Å²) in [5, 5.41) is 3.28. The molecule has 1 heterocycles. The van der Waals surface area contributed by atoms with Gasteiger partial charge in [0.25, 0.3) is 7.37 Å². The molecule has 0 aliphatic carbocycles. The lowest BCUT2D eigenvalue weighted by atomic mass is 10.8. The molecule has 5 heteroatoms.